The number of nitrogens with zero attached hydrogens (tertiary/aromatic N) is 3. The number of benzene rings is 1. The highest BCUT2D eigenvalue weighted by atomic mass is 32.2. The Kier molecular flexibility index (Phi) is 4.26. The van der Waals surface area contributed by atoms with Crippen molar-refractivity contribution in [1.82, 2.24) is 14.8 Å². The van der Waals surface area contributed by atoms with Gasteiger partial charge in [0, 0.05) is 13.0 Å². The molecule has 21 heavy (non-hydrogen) atoms. The fourth-order valence-corrected chi connectivity index (χ4v) is 3.68. The smallest absolute Gasteiger partial charge is 0.196 e. The molecule has 6 heteroatoms. The van der Waals surface area contributed by atoms with Gasteiger partial charge < -0.3 is 9.67 Å². The molecule has 1 aromatic heterocycles. The molecule has 0 saturated carbocycles. The minimum atomic E-state index is -0.713. The average Bonchev–Trinajstić information content (AvgIpc) is 2.69. The molecular formula is C15H18FN3OS. The van der Waals surface area contributed by atoms with Crippen molar-refractivity contribution in [2.75, 3.05) is 0 Å². The lowest BCUT2D eigenvalue weighted by atomic mass is 10.1. The molecular weight excluding hydrogens is 289 g/mol. The van der Waals surface area contributed by atoms with Gasteiger partial charge in [0.25, 0.3) is 0 Å². The van der Waals surface area contributed by atoms with E-state index in [1.54, 1.807) is 19.1 Å². The molecule has 1 unspecified atom stereocenters. The van der Waals surface area contributed by atoms with E-state index in [0.29, 0.717) is 15.6 Å². The van der Waals surface area contributed by atoms with Gasteiger partial charge >= 0.3 is 0 Å². The number of aryl methyl sites for hydroxylation is 1. The summed E-state index contributed by atoms with van der Waals surface area (Å²) in [6.45, 7) is 2.52. The minimum absolute atomic E-state index is 0.329. The first kappa shape index (κ1) is 14.5. The van der Waals surface area contributed by atoms with Crippen LogP contribution in [0.4, 0.5) is 4.39 Å². The highest BCUT2D eigenvalue weighted by Gasteiger charge is 2.20. The minimum Gasteiger partial charge on any atom is -0.389 e. The van der Waals surface area contributed by atoms with Crippen LogP contribution in [0, 0.1) is 5.82 Å². The van der Waals surface area contributed by atoms with E-state index in [-0.39, 0.29) is 5.82 Å². The van der Waals surface area contributed by atoms with Gasteiger partial charge in [-0.25, -0.2) is 4.39 Å². The molecule has 1 N–H and O–H groups in total. The van der Waals surface area contributed by atoms with Crippen LogP contribution >= 0.6 is 11.8 Å². The number of hydrogen-bond acceptors (Lipinski definition) is 4. The molecule has 0 fully saturated rings. The van der Waals surface area contributed by atoms with Crippen LogP contribution in [0.1, 0.15) is 43.7 Å². The zero-order valence-electron chi connectivity index (χ0n) is 11.9. The van der Waals surface area contributed by atoms with Crippen molar-refractivity contribution in [3.63, 3.8) is 0 Å². The second kappa shape index (κ2) is 6.15. The number of fused-ring (bicyclic) bond motifs is 1. The summed E-state index contributed by atoms with van der Waals surface area (Å²) in [7, 11) is 0. The fraction of sp³-hybridized carbons (Fsp3) is 0.467. The number of aromatic nitrogens is 3. The third kappa shape index (κ3) is 2.96. The van der Waals surface area contributed by atoms with E-state index in [9.17, 15) is 9.50 Å². The largest absolute Gasteiger partial charge is 0.389 e. The van der Waals surface area contributed by atoms with Crippen LogP contribution in [0.15, 0.2) is 28.3 Å². The SMILES string of the molecule is CC(O)c1cccc(F)c1Sc1nnc2n1CCCCC2. The summed E-state index contributed by atoms with van der Waals surface area (Å²) in [4.78, 5) is 0.437. The molecule has 3 rings (SSSR count). The second-order valence-corrected chi connectivity index (χ2v) is 6.27. The molecule has 0 aliphatic carbocycles. The van der Waals surface area contributed by atoms with E-state index < -0.39 is 6.10 Å². The Morgan fingerprint density at radius 1 is 1.29 bits per heavy atom. The number of rotatable bonds is 3. The predicted molar refractivity (Wildman–Crippen MR) is 78.7 cm³/mol. The van der Waals surface area contributed by atoms with Crippen LogP contribution in [0.5, 0.6) is 0 Å². The molecule has 0 spiro atoms. The fourth-order valence-electron chi connectivity index (χ4n) is 2.59. The van der Waals surface area contributed by atoms with E-state index >= 15 is 0 Å². The first-order chi connectivity index (χ1) is 10.2. The summed E-state index contributed by atoms with van der Waals surface area (Å²) in [5, 5.41) is 19.0. The van der Waals surface area contributed by atoms with Crippen LogP contribution < -0.4 is 0 Å². The average molecular weight is 307 g/mol. The van der Waals surface area contributed by atoms with Crippen molar-refractivity contribution in [3.8, 4) is 0 Å². The third-order valence-electron chi connectivity index (χ3n) is 3.72. The molecule has 4 nitrogen and oxygen atoms in total. The van der Waals surface area contributed by atoms with Crippen molar-refractivity contribution in [1.29, 1.82) is 0 Å². The van der Waals surface area contributed by atoms with Crippen LogP contribution in [-0.2, 0) is 13.0 Å². The highest BCUT2D eigenvalue weighted by molar-refractivity contribution is 7.99. The molecule has 1 aromatic carbocycles. The highest BCUT2D eigenvalue weighted by Crippen LogP contribution is 2.35. The van der Waals surface area contributed by atoms with Gasteiger partial charge in [-0.2, -0.15) is 0 Å². The number of hydrogen-bond donors (Lipinski definition) is 1. The van der Waals surface area contributed by atoms with E-state index in [2.05, 4.69) is 14.8 Å². The van der Waals surface area contributed by atoms with Crippen LogP contribution in [0.3, 0.4) is 0 Å². The molecule has 112 valence electrons. The monoisotopic (exact) mass is 307 g/mol. The van der Waals surface area contributed by atoms with E-state index in [1.807, 2.05) is 0 Å². The Bertz CT molecular complexity index is 642. The molecule has 0 radical (unpaired) electrons. The Balaban J connectivity index is 1.96. The lowest BCUT2D eigenvalue weighted by molar-refractivity contribution is 0.195. The summed E-state index contributed by atoms with van der Waals surface area (Å²) >= 11 is 1.25. The van der Waals surface area contributed by atoms with Gasteiger partial charge in [-0.1, -0.05) is 18.6 Å². The summed E-state index contributed by atoms with van der Waals surface area (Å²) < 4.78 is 16.2. The maximum atomic E-state index is 14.1. The number of aliphatic hydroxyl groups excluding tert-OH is 1. The Morgan fingerprint density at radius 2 is 2.14 bits per heavy atom. The van der Waals surface area contributed by atoms with Gasteiger partial charge in [0.1, 0.15) is 11.6 Å². The molecule has 0 saturated heterocycles. The molecule has 1 atom stereocenters. The van der Waals surface area contributed by atoms with Crippen molar-refractivity contribution in [2.24, 2.45) is 0 Å². The molecule has 2 aromatic rings. The van der Waals surface area contributed by atoms with Crippen molar-refractivity contribution in [3.05, 3.63) is 35.4 Å². The Morgan fingerprint density at radius 3 is 2.95 bits per heavy atom. The van der Waals surface area contributed by atoms with Crippen molar-refractivity contribution in [2.45, 2.75) is 55.3 Å². The summed E-state index contributed by atoms with van der Waals surface area (Å²) in [6.07, 6.45) is 3.62. The molecule has 2 heterocycles. The van der Waals surface area contributed by atoms with Gasteiger partial charge in [-0.05, 0) is 43.2 Å². The van der Waals surface area contributed by atoms with Crippen LogP contribution in [0.2, 0.25) is 0 Å². The third-order valence-corrected chi connectivity index (χ3v) is 4.84. The molecule has 0 amide bonds. The van der Waals surface area contributed by atoms with E-state index in [4.69, 9.17) is 0 Å². The van der Waals surface area contributed by atoms with Gasteiger partial charge in [0.2, 0.25) is 0 Å². The van der Waals surface area contributed by atoms with Crippen LogP contribution in [-0.4, -0.2) is 19.9 Å². The Hall–Kier alpha value is -1.40. The predicted octanol–water partition coefficient (Wildman–Crippen LogP) is 3.35. The maximum absolute atomic E-state index is 14.1. The zero-order valence-corrected chi connectivity index (χ0v) is 12.7. The normalized spacial score (nSPS) is 16.3. The lowest BCUT2D eigenvalue weighted by Gasteiger charge is -2.12. The van der Waals surface area contributed by atoms with Crippen molar-refractivity contribution < 1.29 is 9.50 Å². The lowest BCUT2D eigenvalue weighted by Crippen LogP contribution is -2.03. The molecule has 0 bridgehead atoms. The Labute approximate surface area is 127 Å². The van der Waals surface area contributed by atoms with Crippen molar-refractivity contribution >= 4 is 11.8 Å². The quantitative estimate of drug-likeness (QED) is 0.945. The molecule has 1 aliphatic heterocycles. The first-order valence-corrected chi connectivity index (χ1v) is 8.05. The summed E-state index contributed by atoms with van der Waals surface area (Å²) in [5.74, 6) is 0.648. The van der Waals surface area contributed by atoms with Gasteiger partial charge in [-0.15, -0.1) is 10.2 Å². The standard InChI is InChI=1S/C15H18FN3OS/c1-10(20)11-6-5-7-12(16)14(11)21-15-18-17-13-8-3-2-4-9-19(13)15/h5-7,10,20H,2-4,8-9H2,1H3. The zero-order chi connectivity index (χ0) is 14.8. The van der Waals surface area contributed by atoms with Crippen LogP contribution in [0.25, 0.3) is 0 Å². The number of aliphatic hydroxyl groups is 1. The second-order valence-electron chi connectivity index (χ2n) is 5.30. The van der Waals surface area contributed by atoms with Gasteiger partial charge in [0.15, 0.2) is 5.16 Å². The van der Waals surface area contributed by atoms with E-state index in [0.717, 1.165) is 31.6 Å². The molecule has 1 aliphatic rings. The van der Waals surface area contributed by atoms with Gasteiger partial charge in [-0.3, -0.25) is 0 Å². The number of halogens is 1. The maximum Gasteiger partial charge on any atom is 0.196 e. The topological polar surface area (TPSA) is 50.9 Å². The van der Waals surface area contributed by atoms with Gasteiger partial charge in [0.05, 0.1) is 11.0 Å². The summed E-state index contributed by atoms with van der Waals surface area (Å²) in [6, 6.07) is 4.77. The summed E-state index contributed by atoms with van der Waals surface area (Å²) in [5.41, 5.74) is 0.589. The van der Waals surface area contributed by atoms with E-state index in [1.165, 1.54) is 24.2 Å². The first-order valence-electron chi connectivity index (χ1n) is 7.23.